The zero-order valence-corrected chi connectivity index (χ0v) is 20.2. The number of anilines is 1. The van der Waals surface area contributed by atoms with Crippen LogP contribution < -0.4 is 5.32 Å². The van der Waals surface area contributed by atoms with E-state index in [0.29, 0.717) is 23.7 Å². The number of nitrogens with one attached hydrogen (secondary N) is 1. The Kier molecular flexibility index (Phi) is 6.61. The Bertz CT molecular complexity index is 1360. The van der Waals surface area contributed by atoms with Crippen LogP contribution in [0.2, 0.25) is 0 Å². The topological polar surface area (TPSA) is 126 Å². The summed E-state index contributed by atoms with van der Waals surface area (Å²) >= 11 is 1.31. The molecule has 1 aliphatic rings. The highest BCUT2D eigenvalue weighted by Gasteiger charge is 2.34. The molecule has 0 bridgehead atoms. The number of rotatable bonds is 6. The summed E-state index contributed by atoms with van der Waals surface area (Å²) in [5.41, 5.74) is 1.57. The number of sulfone groups is 1. The summed E-state index contributed by atoms with van der Waals surface area (Å²) < 4.78 is 51.5. The summed E-state index contributed by atoms with van der Waals surface area (Å²) in [6.07, 6.45) is 5.00. The van der Waals surface area contributed by atoms with Crippen molar-refractivity contribution in [3.05, 3.63) is 54.2 Å². The summed E-state index contributed by atoms with van der Waals surface area (Å²) in [5, 5.41) is 5.12. The van der Waals surface area contributed by atoms with Gasteiger partial charge in [0, 0.05) is 48.6 Å². The third-order valence-corrected chi connectivity index (χ3v) is 9.38. The molecule has 3 aromatic rings. The maximum Gasteiger partial charge on any atom is 0.244 e. The predicted molar refractivity (Wildman–Crippen MR) is 125 cm³/mol. The SMILES string of the molecule is CS(=O)(=O)c1ccccc1S(=O)(=O)N1CCC(C(=O)Nc2nc(-c3cccnc3)cs2)CC1. The number of carbonyl (C=O) groups is 1. The molecule has 0 saturated carbocycles. The molecule has 1 aromatic carbocycles. The van der Waals surface area contributed by atoms with Crippen molar-refractivity contribution in [3.63, 3.8) is 0 Å². The van der Waals surface area contributed by atoms with Gasteiger partial charge in [0.15, 0.2) is 15.0 Å². The maximum atomic E-state index is 13.1. The summed E-state index contributed by atoms with van der Waals surface area (Å²) in [4.78, 5) is 20.7. The maximum absolute atomic E-state index is 13.1. The van der Waals surface area contributed by atoms with E-state index in [2.05, 4.69) is 15.3 Å². The molecule has 1 saturated heterocycles. The van der Waals surface area contributed by atoms with Crippen LogP contribution in [-0.2, 0) is 24.7 Å². The van der Waals surface area contributed by atoms with E-state index in [1.807, 2.05) is 17.5 Å². The minimum atomic E-state index is -4.00. The highest BCUT2D eigenvalue weighted by molar-refractivity contribution is 7.93. The van der Waals surface area contributed by atoms with Crippen molar-refractivity contribution in [2.45, 2.75) is 22.6 Å². The minimum absolute atomic E-state index is 0.122. The van der Waals surface area contributed by atoms with Crippen LogP contribution in [0.4, 0.5) is 5.13 Å². The molecule has 1 amide bonds. The number of hydrogen-bond donors (Lipinski definition) is 1. The van der Waals surface area contributed by atoms with Gasteiger partial charge in [-0.15, -0.1) is 11.3 Å². The fraction of sp³-hybridized carbons (Fsp3) is 0.286. The van der Waals surface area contributed by atoms with Crippen molar-refractivity contribution in [2.24, 2.45) is 5.92 Å². The third kappa shape index (κ3) is 5.13. The standard InChI is InChI=1S/C21H22N4O5S3/c1-32(27,28)18-6-2-3-7-19(18)33(29,30)25-11-8-15(9-12-25)20(26)24-21-23-17(14-31-21)16-5-4-10-22-13-16/h2-7,10,13-15H,8-9,11-12H2,1H3,(H,23,24,26). The van der Waals surface area contributed by atoms with Crippen molar-refractivity contribution < 1.29 is 21.6 Å². The van der Waals surface area contributed by atoms with Crippen LogP contribution in [0.15, 0.2) is 64.0 Å². The number of thiazole rings is 1. The number of nitrogens with zero attached hydrogens (tertiary/aromatic N) is 3. The molecule has 2 aromatic heterocycles. The van der Waals surface area contributed by atoms with Crippen molar-refractivity contribution in [1.29, 1.82) is 0 Å². The molecule has 174 valence electrons. The zero-order chi connectivity index (χ0) is 23.6. The number of benzene rings is 1. The predicted octanol–water partition coefficient (Wildman–Crippen LogP) is 2.65. The van der Waals surface area contributed by atoms with Crippen LogP contribution in [0, 0.1) is 5.92 Å². The van der Waals surface area contributed by atoms with Crippen LogP contribution in [0.3, 0.4) is 0 Å². The largest absolute Gasteiger partial charge is 0.302 e. The third-order valence-electron chi connectivity index (χ3n) is 5.38. The van der Waals surface area contributed by atoms with Gasteiger partial charge in [0.05, 0.1) is 10.6 Å². The minimum Gasteiger partial charge on any atom is -0.302 e. The molecule has 1 fully saturated rings. The molecule has 4 rings (SSSR count). The summed E-state index contributed by atoms with van der Waals surface area (Å²) in [6, 6.07) is 9.26. The number of amides is 1. The fourth-order valence-corrected chi connectivity index (χ4v) is 7.45. The highest BCUT2D eigenvalue weighted by atomic mass is 32.2. The number of piperidine rings is 1. The van der Waals surface area contributed by atoms with E-state index in [1.165, 1.54) is 39.9 Å². The fourth-order valence-electron chi connectivity index (χ4n) is 3.65. The first-order valence-corrected chi connectivity index (χ1v) is 14.3. The van der Waals surface area contributed by atoms with Crippen LogP contribution in [0.25, 0.3) is 11.3 Å². The first-order chi connectivity index (χ1) is 15.7. The second-order valence-electron chi connectivity index (χ2n) is 7.67. The van der Waals surface area contributed by atoms with Gasteiger partial charge in [-0.3, -0.25) is 9.78 Å². The molecular formula is C21H22N4O5S3. The molecular weight excluding hydrogens is 484 g/mol. The second-order valence-corrected chi connectivity index (χ2v) is 12.4. The van der Waals surface area contributed by atoms with Gasteiger partial charge >= 0.3 is 0 Å². The van der Waals surface area contributed by atoms with Crippen LogP contribution in [0.5, 0.6) is 0 Å². The van der Waals surface area contributed by atoms with Gasteiger partial charge in [-0.05, 0) is 37.1 Å². The average Bonchev–Trinajstić information content (AvgIpc) is 3.27. The van der Waals surface area contributed by atoms with E-state index in [-0.39, 0.29) is 34.7 Å². The second kappa shape index (κ2) is 9.29. The van der Waals surface area contributed by atoms with Crippen LogP contribution >= 0.6 is 11.3 Å². The molecule has 0 radical (unpaired) electrons. The number of aromatic nitrogens is 2. The van der Waals surface area contributed by atoms with E-state index >= 15 is 0 Å². The molecule has 33 heavy (non-hydrogen) atoms. The van der Waals surface area contributed by atoms with Gasteiger partial charge in [0.2, 0.25) is 15.9 Å². The lowest BCUT2D eigenvalue weighted by atomic mass is 9.97. The highest BCUT2D eigenvalue weighted by Crippen LogP contribution is 2.29. The lowest BCUT2D eigenvalue weighted by Crippen LogP contribution is -2.41. The Labute approximate surface area is 196 Å². The molecule has 0 spiro atoms. The Balaban J connectivity index is 1.41. The molecule has 9 nitrogen and oxygen atoms in total. The smallest absolute Gasteiger partial charge is 0.244 e. The molecule has 3 heterocycles. The summed E-state index contributed by atoms with van der Waals surface area (Å²) in [5.74, 6) is -0.581. The molecule has 0 atom stereocenters. The first-order valence-electron chi connectivity index (χ1n) is 10.1. The average molecular weight is 507 g/mol. The lowest BCUT2D eigenvalue weighted by molar-refractivity contribution is -0.120. The Morgan fingerprint density at radius 1 is 1.06 bits per heavy atom. The van der Waals surface area contributed by atoms with Crippen LogP contribution in [-0.4, -0.2) is 56.4 Å². The normalized spacial score (nSPS) is 15.9. The van der Waals surface area contributed by atoms with Crippen molar-refractivity contribution in [2.75, 3.05) is 24.7 Å². The number of sulfonamides is 1. The van der Waals surface area contributed by atoms with Gasteiger partial charge in [-0.2, -0.15) is 4.31 Å². The molecule has 0 aliphatic carbocycles. The quantitative estimate of drug-likeness (QED) is 0.545. The van der Waals surface area contributed by atoms with E-state index < -0.39 is 19.9 Å². The van der Waals surface area contributed by atoms with Crippen LogP contribution in [0.1, 0.15) is 12.8 Å². The zero-order valence-electron chi connectivity index (χ0n) is 17.7. The Hall–Kier alpha value is -2.67. The summed E-state index contributed by atoms with van der Waals surface area (Å²) in [7, 11) is -7.72. The molecule has 1 N–H and O–H groups in total. The number of carbonyl (C=O) groups excluding carboxylic acids is 1. The Morgan fingerprint density at radius 2 is 1.76 bits per heavy atom. The lowest BCUT2D eigenvalue weighted by Gasteiger charge is -2.30. The van der Waals surface area contributed by atoms with Gasteiger partial charge in [0.25, 0.3) is 0 Å². The van der Waals surface area contributed by atoms with Gasteiger partial charge in [-0.25, -0.2) is 21.8 Å². The monoisotopic (exact) mass is 506 g/mol. The van der Waals surface area contributed by atoms with E-state index in [0.717, 1.165) is 11.8 Å². The van der Waals surface area contributed by atoms with Crippen molar-refractivity contribution in [3.8, 4) is 11.3 Å². The van der Waals surface area contributed by atoms with E-state index in [4.69, 9.17) is 0 Å². The van der Waals surface area contributed by atoms with Gasteiger partial charge in [-0.1, -0.05) is 12.1 Å². The van der Waals surface area contributed by atoms with E-state index in [1.54, 1.807) is 12.4 Å². The number of pyridine rings is 1. The first kappa shape index (κ1) is 23.5. The van der Waals surface area contributed by atoms with Crippen molar-refractivity contribution in [1.82, 2.24) is 14.3 Å². The molecule has 0 unspecified atom stereocenters. The molecule has 1 aliphatic heterocycles. The van der Waals surface area contributed by atoms with E-state index in [9.17, 15) is 21.6 Å². The molecule has 12 heteroatoms. The van der Waals surface area contributed by atoms with Gasteiger partial charge < -0.3 is 5.32 Å². The van der Waals surface area contributed by atoms with Gasteiger partial charge in [0.1, 0.15) is 4.90 Å². The summed E-state index contributed by atoms with van der Waals surface area (Å²) in [6.45, 7) is 0.245. The van der Waals surface area contributed by atoms with Crippen molar-refractivity contribution >= 4 is 42.2 Å². The number of hydrogen-bond acceptors (Lipinski definition) is 8. The Morgan fingerprint density at radius 3 is 2.39 bits per heavy atom.